The van der Waals surface area contributed by atoms with Crippen molar-refractivity contribution in [1.29, 1.82) is 0 Å². The van der Waals surface area contributed by atoms with E-state index in [0.29, 0.717) is 22.6 Å². The Bertz CT molecular complexity index is 609. The van der Waals surface area contributed by atoms with Crippen molar-refractivity contribution in [2.24, 2.45) is 0 Å². The summed E-state index contributed by atoms with van der Waals surface area (Å²) in [5, 5.41) is 3.96. The maximum absolute atomic E-state index is 12.1. The first-order valence-electron chi connectivity index (χ1n) is 9.70. The number of carbonyl (C=O) groups is 1. The zero-order valence-electron chi connectivity index (χ0n) is 15.7. The minimum absolute atomic E-state index is 0.00470. The largest absolute Gasteiger partial charge is 0.379 e. The van der Waals surface area contributed by atoms with Crippen molar-refractivity contribution in [3.8, 4) is 0 Å². The lowest BCUT2D eigenvalue weighted by Gasteiger charge is -2.27. The van der Waals surface area contributed by atoms with Crippen LogP contribution in [0.1, 0.15) is 25.7 Å². The molecule has 3 heterocycles. The Labute approximate surface area is 170 Å². The van der Waals surface area contributed by atoms with Gasteiger partial charge in [0.05, 0.1) is 19.0 Å². The molecule has 0 atom stereocenters. The topological polar surface area (TPSA) is 70.6 Å². The average molecular weight is 414 g/mol. The lowest BCUT2D eigenvalue weighted by atomic mass is 10.1. The van der Waals surface area contributed by atoms with E-state index in [4.69, 9.17) is 16.3 Å². The molecular weight excluding hydrogens is 386 g/mol. The average Bonchev–Trinajstić information content (AvgIpc) is 2.71. The van der Waals surface area contributed by atoms with Crippen LogP contribution in [-0.4, -0.2) is 79.0 Å². The van der Waals surface area contributed by atoms with E-state index in [1.54, 1.807) is 0 Å². The molecule has 0 spiro atoms. The molecule has 0 aliphatic carbocycles. The quantitative estimate of drug-likeness (QED) is 0.302. The Morgan fingerprint density at radius 3 is 2.74 bits per heavy atom. The Morgan fingerprint density at radius 1 is 1.19 bits per heavy atom. The first-order valence-corrected chi connectivity index (χ1v) is 11.1. The zero-order chi connectivity index (χ0) is 18.9. The van der Waals surface area contributed by atoms with Crippen molar-refractivity contribution >= 4 is 35.1 Å². The molecule has 0 bridgehead atoms. The number of anilines is 1. The monoisotopic (exact) mass is 413 g/mol. The van der Waals surface area contributed by atoms with Gasteiger partial charge in [0.2, 0.25) is 5.91 Å². The van der Waals surface area contributed by atoms with Gasteiger partial charge in [-0.05, 0) is 32.2 Å². The van der Waals surface area contributed by atoms with Crippen molar-refractivity contribution in [3.05, 3.63) is 11.2 Å². The second-order valence-electron chi connectivity index (χ2n) is 6.83. The van der Waals surface area contributed by atoms with E-state index in [9.17, 15) is 4.79 Å². The van der Waals surface area contributed by atoms with E-state index in [1.165, 1.54) is 31.0 Å². The number of hydrogen-bond donors (Lipinski definition) is 1. The van der Waals surface area contributed by atoms with Gasteiger partial charge in [0.25, 0.3) is 0 Å². The fourth-order valence-electron chi connectivity index (χ4n) is 3.27. The molecule has 1 N–H and O–H groups in total. The van der Waals surface area contributed by atoms with E-state index in [1.807, 2.05) is 6.07 Å². The highest BCUT2D eigenvalue weighted by Crippen LogP contribution is 2.24. The smallest absolute Gasteiger partial charge is 0.230 e. The molecule has 2 fully saturated rings. The Balaban J connectivity index is 1.38. The van der Waals surface area contributed by atoms with Gasteiger partial charge in [-0.15, -0.1) is 0 Å². The summed E-state index contributed by atoms with van der Waals surface area (Å²) in [6.45, 7) is 7.26. The van der Waals surface area contributed by atoms with Crippen LogP contribution in [0.2, 0.25) is 5.15 Å². The van der Waals surface area contributed by atoms with E-state index in [0.717, 1.165) is 58.2 Å². The van der Waals surface area contributed by atoms with Crippen LogP contribution in [0.25, 0.3) is 0 Å². The molecule has 2 aliphatic heterocycles. The molecule has 0 unspecified atom stereocenters. The van der Waals surface area contributed by atoms with Gasteiger partial charge in [-0.1, -0.05) is 23.4 Å². The standard InChI is InChI=1S/C18H28ClN5O2S/c19-15-13-16(24-7-2-1-3-8-24)22-18(21-15)27-14-17(25)20-5-4-6-23-9-11-26-12-10-23/h13H,1-12,14H2,(H,20,25). The molecule has 0 saturated carbocycles. The summed E-state index contributed by atoms with van der Waals surface area (Å²) in [4.78, 5) is 25.5. The lowest BCUT2D eigenvalue weighted by molar-refractivity contribution is -0.118. The van der Waals surface area contributed by atoms with Crippen LogP contribution in [0.3, 0.4) is 0 Å². The van der Waals surface area contributed by atoms with Gasteiger partial charge >= 0.3 is 0 Å². The van der Waals surface area contributed by atoms with Gasteiger partial charge in [0.1, 0.15) is 11.0 Å². The molecule has 9 heteroatoms. The van der Waals surface area contributed by atoms with Crippen molar-refractivity contribution in [3.63, 3.8) is 0 Å². The summed E-state index contributed by atoms with van der Waals surface area (Å²) >= 11 is 7.49. The number of amides is 1. The molecular formula is C18H28ClN5O2S. The predicted octanol–water partition coefficient (Wildman–Crippen LogP) is 2.05. The highest BCUT2D eigenvalue weighted by molar-refractivity contribution is 7.99. The maximum atomic E-state index is 12.1. The van der Waals surface area contributed by atoms with E-state index < -0.39 is 0 Å². The van der Waals surface area contributed by atoms with Gasteiger partial charge in [-0.3, -0.25) is 9.69 Å². The van der Waals surface area contributed by atoms with E-state index in [2.05, 4.69) is 25.1 Å². The fraction of sp³-hybridized carbons (Fsp3) is 0.722. The number of rotatable bonds is 8. The number of ether oxygens (including phenoxy) is 1. The number of morpholine rings is 1. The molecule has 2 aliphatic rings. The number of halogens is 1. The second-order valence-corrected chi connectivity index (χ2v) is 8.16. The molecule has 27 heavy (non-hydrogen) atoms. The Kier molecular flexibility index (Phi) is 8.44. The predicted molar refractivity (Wildman–Crippen MR) is 109 cm³/mol. The zero-order valence-corrected chi connectivity index (χ0v) is 17.2. The van der Waals surface area contributed by atoms with Crippen molar-refractivity contribution < 1.29 is 9.53 Å². The highest BCUT2D eigenvalue weighted by Gasteiger charge is 2.15. The van der Waals surface area contributed by atoms with Crippen LogP contribution < -0.4 is 10.2 Å². The summed E-state index contributed by atoms with van der Waals surface area (Å²) in [6, 6.07) is 1.81. The van der Waals surface area contributed by atoms with Crippen LogP contribution in [0, 0.1) is 0 Å². The maximum Gasteiger partial charge on any atom is 0.230 e. The minimum Gasteiger partial charge on any atom is -0.379 e. The van der Waals surface area contributed by atoms with Crippen LogP contribution in [-0.2, 0) is 9.53 Å². The number of nitrogens with one attached hydrogen (secondary N) is 1. The molecule has 2 saturated heterocycles. The molecule has 0 radical (unpaired) electrons. The summed E-state index contributed by atoms with van der Waals surface area (Å²) in [5.74, 6) is 1.17. The van der Waals surface area contributed by atoms with Crippen LogP contribution in [0.4, 0.5) is 5.82 Å². The summed E-state index contributed by atoms with van der Waals surface area (Å²) in [5.41, 5.74) is 0. The second kappa shape index (κ2) is 11.0. The van der Waals surface area contributed by atoms with Gasteiger partial charge in [0, 0.05) is 38.8 Å². The first-order chi connectivity index (χ1) is 13.2. The Hall–Kier alpha value is -1.09. The summed E-state index contributed by atoms with van der Waals surface area (Å²) in [7, 11) is 0. The number of piperidine rings is 1. The number of aromatic nitrogens is 2. The molecule has 7 nitrogen and oxygen atoms in total. The van der Waals surface area contributed by atoms with Gasteiger partial charge < -0.3 is 15.0 Å². The highest BCUT2D eigenvalue weighted by atomic mass is 35.5. The van der Waals surface area contributed by atoms with Crippen molar-refractivity contribution in [2.45, 2.75) is 30.8 Å². The number of hydrogen-bond acceptors (Lipinski definition) is 7. The Morgan fingerprint density at radius 2 is 1.96 bits per heavy atom. The molecule has 1 aromatic rings. The fourth-order valence-corrected chi connectivity index (χ4v) is 4.18. The number of nitrogens with zero attached hydrogens (tertiary/aromatic N) is 4. The molecule has 150 valence electrons. The summed E-state index contributed by atoms with van der Waals surface area (Å²) < 4.78 is 5.34. The van der Waals surface area contributed by atoms with Crippen LogP contribution in [0.15, 0.2) is 11.2 Å². The van der Waals surface area contributed by atoms with Crippen molar-refractivity contribution in [1.82, 2.24) is 20.2 Å². The van der Waals surface area contributed by atoms with Crippen LogP contribution in [0.5, 0.6) is 0 Å². The first kappa shape index (κ1) is 20.6. The van der Waals surface area contributed by atoms with Gasteiger partial charge in [0.15, 0.2) is 5.16 Å². The molecule has 1 aromatic heterocycles. The normalized spacial score (nSPS) is 18.5. The van der Waals surface area contributed by atoms with Gasteiger partial charge in [-0.25, -0.2) is 9.97 Å². The summed E-state index contributed by atoms with van der Waals surface area (Å²) in [6.07, 6.45) is 4.57. The third-order valence-corrected chi connectivity index (χ3v) is 5.79. The van der Waals surface area contributed by atoms with Crippen molar-refractivity contribution in [2.75, 3.05) is 63.1 Å². The number of carbonyl (C=O) groups excluding carboxylic acids is 1. The third-order valence-electron chi connectivity index (χ3n) is 4.75. The molecule has 3 rings (SSSR count). The lowest BCUT2D eigenvalue weighted by Crippen LogP contribution is -2.38. The molecule has 1 amide bonds. The third kappa shape index (κ3) is 7.10. The van der Waals surface area contributed by atoms with Gasteiger partial charge in [-0.2, -0.15) is 0 Å². The molecule has 0 aromatic carbocycles. The SMILES string of the molecule is O=C(CSc1nc(Cl)cc(N2CCCCC2)n1)NCCCN1CCOCC1. The van der Waals surface area contributed by atoms with E-state index >= 15 is 0 Å². The van der Waals surface area contributed by atoms with Crippen LogP contribution >= 0.6 is 23.4 Å². The minimum atomic E-state index is 0.00470. The van der Waals surface area contributed by atoms with E-state index in [-0.39, 0.29) is 5.91 Å². The number of thioether (sulfide) groups is 1.